The van der Waals surface area contributed by atoms with E-state index in [9.17, 15) is 14.4 Å². The molecule has 0 radical (unpaired) electrons. The maximum atomic E-state index is 11.2. The fourth-order valence-corrected chi connectivity index (χ4v) is 2.02. The summed E-state index contributed by atoms with van der Waals surface area (Å²) < 4.78 is 20.4. The van der Waals surface area contributed by atoms with Crippen molar-refractivity contribution in [3.8, 4) is 0 Å². The van der Waals surface area contributed by atoms with Gasteiger partial charge in [0.15, 0.2) is 6.10 Å². The lowest BCUT2D eigenvalue weighted by molar-refractivity contribution is -0.279. The Bertz CT molecular complexity index is 488. The van der Waals surface area contributed by atoms with Crippen LogP contribution in [0.4, 0.5) is 0 Å². The molecule has 116 valence electrons. The molecule has 0 bridgehead atoms. The van der Waals surface area contributed by atoms with Crippen LogP contribution in [0, 0.1) is 0 Å². The van der Waals surface area contributed by atoms with Crippen LogP contribution in [0.15, 0.2) is 4.99 Å². The number of hydrogen-bond acceptors (Lipinski definition) is 9. The minimum absolute atomic E-state index is 0.159. The molecule has 1 aliphatic rings. The number of isothiocyanates is 1. The lowest BCUT2D eigenvalue weighted by Crippen LogP contribution is -2.53. The van der Waals surface area contributed by atoms with Gasteiger partial charge in [0, 0.05) is 20.8 Å². The van der Waals surface area contributed by atoms with Crippen molar-refractivity contribution in [1.82, 2.24) is 0 Å². The van der Waals surface area contributed by atoms with Crippen molar-refractivity contribution in [1.29, 1.82) is 0 Å². The smallest absolute Gasteiger partial charge is 0.327 e. The molecule has 0 spiro atoms. The van der Waals surface area contributed by atoms with E-state index in [1.165, 1.54) is 20.8 Å². The highest BCUT2D eigenvalue weighted by molar-refractivity contribution is 7.78. The maximum absolute atomic E-state index is 11.2. The summed E-state index contributed by atoms with van der Waals surface area (Å²) in [4.78, 5) is 37.1. The van der Waals surface area contributed by atoms with E-state index in [4.69, 9.17) is 18.9 Å². The normalized spacial score (nSPS) is 28.0. The van der Waals surface area contributed by atoms with Gasteiger partial charge in [0.2, 0.25) is 0 Å². The summed E-state index contributed by atoms with van der Waals surface area (Å²) in [6.45, 7) is 3.42. The highest BCUT2D eigenvalue weighted by Crippen LogP contribution is 2.31. The molecule has 0 aromatic rings. The largest absolute Gasteiger partial charge is 0.458 e. The SMILES string of the molecule is CC(=O)OC1COC(N=C=S)(OC(C)=O)CC1OC(C)=O. The molecule has 21 heavy (non-hydrogen) atoms. The van der Waals surface area contributed by atoms with Crippen molar-refractivity contribution >= 4 is 35.3 Å². The van der Waals surface area contributed by atoms with E-state index in [-0.39, 0.29) is 13.0 Å². The van der Waals surface area contributed by atoms with E-state index in [1.807, 2.05) is 0 Å². The molecule has 1 rings (SSSR count). The van der Waals surface area contributed by atoms with Crippen molar-refractivity contribution in [2.24, 2.45) is 4.99 Å². The van der Waals surface area contributed by atoms with Crippen LogP contribution in [0.25, 0.3) is 0 Å². The number of aliphatic imine (C=N–C) groups is 1. The first-order chi connectivity index (χ1) is 9.78. The second-order valence-corrected chi connectivity index (χ2v) is 4.50. The van der Waals surface area contributed by atoms with Crippen LogP contribution in [0.1, 0.15) is 27.2 Å². The third-order valence-electron chi connectivity index (χ3n) is 2.50. The Labute approximate surface area is 126 Å². The topological polar surface area (TPSA) is 100 Å². The molecule has 0 amide bonds. The number of carbonyl (C=O) groups is 3. The van der Waals surface area contributed by atoms with Crippen LogP contribution in [0.3, 0.4) is 0 Å². The van der Waals surface area contributed by atoms with Crippen LogP contribution < -0.4 is 0 Å². The number of nitrogens with zero attached hydrogens (tertiary/aromatic N) is 1. The van der Waals surface area contributed by atoms with E-state index in [0.29, 0.717) is 0 Å². The first kappa shape index (κ1) is 17.2. The van der Waals surface area contributed by atoms with Crippen molar-refractivity contribution in [2.75, 3.05) is 6.61 Å². The zero-order valence-corrected chi connectivity index (χ0v) is 12.6. The Balaban J connectivity index is 2.98. The number of rotatable bonds is 4. The Morgan fingerprint density at radius 2 is 1.71 bits per heavy atom. The second kappa shape index (κ2) is 7.26. The van der Waals surface area contributed by atoms with Gasteiger partial charge < -0.3 is 18.9 Å². The molecule has 1 aliphatic heterocycles. The summed E-state index contributed by atoms with van der Waals surface area (Å²) in [6, 6.07) is 0. The molecule has 0 aliphatic carbocycles. The number of esters is 3. The summed E-state index contributed by atoms with van der Waals surface area (Å²) in [5.74, 6) is -3.53. The van der Waals surface area contributed by atoms with Gasteiger partial charge in [-0.3, -0.25) is 14.4 Å². The van der Waals surface area contributed by atoms with Crippen molar-refractivity contribution in [3.05, 3.63) is 0 Å². The summed E-state index contributed by atoms with van der Waals surface area (Å²) in [7, 11) is 0. The van der Waals surface area contributed by atoms with Gasteiger partial charge in [-0.2, -0.15) is 4.99 Å². The van der Waals surface area contributed by atoms with Gasteiger partial charge in [-0.25, -0.2) is 0 Å². The average molecular weight is 317 g/mol. The van der Waals surface area contributed by atoms with Gasteiger partial charge in [-0.05, 0) is 12.2 Å². The second-order valence-electron chi connectivity index (χ2n) is 4.32. The Hall–Kier alpha value is -1.83. The van der Waals surface area contributed by atoms with E-state index >= 15 is 0 Å². The molecule has 8 nitrogen and oxygen atoms in total. The summed E-state index contributed by atoms with van der Waals surface area (Å²) in [5.41, 5.74) is 0. The monoisotopic (exact) mass is 317 g/mol. The van der Waals surface area contributed by atoms with Gasteiger partial charge in [-0.1, -0.05) is 0 Å². The fraction of sp³-hybridized carbons (Fsp3) is 0.667. The van der Waals surface area contributed by atoms with Crippen molar-refractivity contribution < 1.29 is 33.3 Å². The summed E-state index contributed by atoms with van der Waals surface area (Å²) in [6.07, 6.45) is -1.87. The zero-order valence-electron chi connectivity index (χ0n) is 11.8. The molecule has 1 heterocycles. The number of thiocarbonyl (C=S) groups is 1. The highest BCUT2D eigenvalue weighted by Gasteiger charge is 2.48. The van der Waals surface area contributed by atoms with Crippen LogP contribution in [-0.2, 0) is 33.3 Å². The molecule has 1 fully saturated rings. The van der Waals surface area contributed by atoms with Gasteiger partial charge in [0.05, 0.1) is 18.2 Å². The van der Waals surface area contributed by atoms with E-state index < -0.39 is 36.0 Å². The van der Waals surface area contributed by atoms with Gasteiger partial charge >= 0.3 is 23.8 Å². The molecule has 1 saturated heterocycles. The highest BCUT2D eigenvalue weighted by atomic mass is 32.1. The average Bonchev–Trinajstić information content (AvgIpc) is 2.31. The first-order valence-corrected chi connectivity index (χ1v) is 6.46. The lowest BCUT2D eigenvalue weighted by Gasteiger charge is -2.38. The molecule has 9 heteroatoms. The zero-order chi connectivity index (χ0) is 16.0. The maximum Gasteiger partial charge on any atom is 0.327 e. The predicted octanol–water partition coefficient (Wildman–Crippen LogP) is 0.590. The lowest BCUT2D eigenvalue weighted by atomic mass is 10.1. The van der Waals surface area contributed by atoms with E-state index in [0.717, 1.165) is 0 Å². The third kappa shape index (κ3) is 5.22. The standard InChI is InChI=1S/C12H15NO7S/c1-7(14)18-10-4-12(13-6-21,20-9(3)16)17-5-11(10)19-8(2)15/h10-11H,4-5H2,1-3H3. The molecule has 3 unspecified atom stereocenters. The Morgan fingerprint density at radius 3 is 2.19 bits per heavy atom. The van der Waals surface area contributed by atoms with Gasteiger partial charge in [0.1, 0.15) is 6.10 Å². The third-order valence-corrected chi connectivity index (χ3v) is 2.59. The first-order valence-electron chi connectivity index (χ1n) is 6.05. The molecule has 0 N–H and O–H groups in total. The van der Waals surface area contributed by atoms with Crippen LogP contribution in [0.2, 0.25) is 0 Å². The van der Waals surface area contributed by atoms with E-state index in [2.05, 4.69) is 22.4 Å². The molecular formula is C12H15NO7S. The van der Waals surface area contributed by atoms with E-state index in [1.54, 1.807) is 0 Å². The molecule has 0 saturated carbocycles. The van der Waals surface area contributed by atoms with Crippen molar-refractivity contribution in [2.45, 2.75) is 45.3 Å². The fourth-order valence-electron chi connectivity index (χ4n) is 1.88. The van der Waals surface area contributed by atoms with Crippen LogP contribution >= 0.6 is 12.2 Å². The minimum atomic E-state index is -1.73. The number of ether oxygens (including phenoxy) is 4. The number of carbonyl (C=O) groups excluding carboxylic acids is 3. The van der Waals surface area contributed by atoms with Crippen LogP contribution in [0.5, 0.6) is 0 Å². The predicted molar refractivity (Wildman–Crippen MR) is 71.2 cm³/mol. The summed E-state index contributed by atoms with van der Waals surface area (Å²) >= 11 is 4.50. The minimum Gasteiger partial charge on any atom is -0.458 e. The van der Waals surface area contributed by atoms with Gasteiger partial charge in [0.25, 0.3) is 0 Å². The number of hydrogen-bond donors (Lipinski definition) is 0. The summed E-state index contributed by atoms with van der Waals surface area (Å²) in [5, 5.41) is 2.07. The van der Waals surface area contributed by atoms with Crippen LogP contribution in [-0.4, -0.2) is 47.8 Å². The molecule has 0 aromatic carbocycles. The van der Waals surface area contributed by atoms with Gasteiger partial charge in [-0.15, -0.1) is 0 Å². The van der Waals surface area contributed by atoms with Crippen molar-refractivity contribution in [3.63, 3.8) is 0 Å². The Kier molecular flexibility index (Phi) is 5.95. The Morgan fingerprint density at radius 1 is 1.14 bits per heavy atom. The molecule has 0 aromatic heterocycles. The quantitative estimate of drug-likeness (QED) is 0.321. The molecule has 3 atom stereocenters. The molecular weight excluding hydrogens is 302 g/mol.